The SMILES string of the molecule is CB1OC/C(=C2\CCC3C4CCC5=CC(=O)CC[C@]5(C)C4CC[C@]23C)O1. The first kappa shape index (κ1) is 17.1. The summed E-state index contributed by atoms with van der Waals surface area (Å²) in [6, 6.07) is 0. The summed E-state index contributed by atoms with van der Waals surface area (Å²) in [5.74, 6) is 3.85. The molecule has 0 amide bonds. The van der Waals surface area contributed by atoms with Crippen LogP contribution in [0.5, 0.6) is 0 Å². The number of carbonyl (C=O) groups excluding carboxylic acids is 1. The molecule has 0 aromatic carbocycles. The Bertz CT molecular complexity index is 710. The van der Waals surface area contributed by atoms with Gasteiger partial charge in [0, 0.05) is 6.42 Å². The molecule has 140 valence electrons. The molecule has 0 bridgehead atoms. The highest BCUT2D eigenvalue weighted by molar-refractivity contribution is 6.43. The molecule has 26 heavy (non-hydrogen) atoms. The molecule has 0 N–H and O–H groups in total. The molecule has 3 nitrogen and oxygen atoms in total. The second kappa shape index (κ2) is 5.74. The number of rotatable bonds is 0. The molecule has 0 aromatic heterocycles. The molecule has 4 aliphatic carbocycles. The fourth-order valence-corrected chi connectivity index (χ4v) is 7.45. The second-order valence-corrected chi connectivity index (χ2v) is 9.86. The normalized spacial score (nSPS) is 47.8. The van der Waals surface area contributed by atoms with Crippen molar-refractivity contribution in [2.75, 3.05) is 6.61 Å². The van der Waals surface area contributed by atoms with Crippen LogP contribution in [0.4, 0.5) is 0 Å². The minimum atomic E-state index is -0.0856. The molecular formula is C22H31BO3. The summed E-state index contributed by atoms with van der Waals surface area (Å²) in [6.07, 6.45) is 11.3. The third-order valence-electron chi connectivity index (χ3n) is 8.84. The summed E-state index contributed by atoms with van der Waals surface area (Å²) in [7, 11) is -0.0856. The standard InChI is InChI=1S/C22H31BO3/c1-21-10-8-15(24)12-14(21)4-5-16-17-6-7-19(20-13-25-23(3)26-20)22(17,2)11-9-18(16)21/h12,16-18H,4-11,13H2,1-3H3/b20-19-/t16?,17?,18?,21-,22-/m0/s1. The lowest BCUT2D eigenvalue weighted by molar-refractivity contribution is -0.117. The maximum absolute atomic E-state index is 12.0. The van der Waals surface area contributed by atoms with Gasteiger partial charge in [0.1, 0.15) is 5.76 Å². The van der Waals surface area contributed by atoms with Crippen LogP contribution in [-0.2, 0) is 14.1 Å². The van der Waals surface area contributed by atoms with Gasteiger partial charge in [-0.25, -0.2) is 0 Å². The fourth-order valence-electron chi connectivity index (χ4n) is 7.45. The molecule has 4 heteroatoms. The Morgan fingerprint density at radius 1 is 1.04 bits per heavy atom. The number of hydrogen-bond donors (Lipinski definition) is 0. The Hall–Kier alpha value is -1.03. The first-order chi connectivity index (χ1) is 12.4. The van der Waals surface area contributed by atoms with Crippen molar-refractivity contribution in [2.24, 2.45) is 28.6 Å². The van der Waals surface area contributed by atoms with Gasteiger partial charge in [0.25, 0.3) is 0 Å². The van der Waals surface area contributed by atoms with E-state index in [0.29, 0.717) is 17.8 Å². The number of carbonyl (C=O) groups is 1. The minimum absolute atomic E-state index is 0.0856. The predicted octanol–water partition coefficient (Wildman–Crippen LogP) is 4.94. The van der Waals surface area contributed by atoms with Crippen LogP contribution in [0, 0.1) is 28.6 Å². The largest absolute Gasteiger partial charge is 0.538 e. The Balaban J connectivity index is 1.47. The molecule has 5 rings (SSSR count). The maximum atomic E-state index is 12.0. The lowest BCUT2D eigenvalue weighted by Crippen LogP contribution is -2.49. The van der Waals surface area contributed by atoms with E-state index in [1.54, 1.807) is 5.57 Å². The summed E-state index contributed by atoms with van der Waals surface area (Å²) in [5, 5.41) is 0. The van der Waals surface area contributed by atoms with Crippen molar-refractivity contribution < 1.29 is 14.1 Å². The number of allylic oxidation sites excluding steroid dienone is 2. The lowest BCUT2D eigenvalue weighted by atomic mass is 9.47. The van der Waals surface area contributed by atoms with Crippen molar-refractivity contribution >= 4 is 12.9 Å². The highest BCUT2D eigenvalue weighted by atomic mass is 16.6. The van der Waals surface area contributed by atoms with Gasteiger partial charge in [-0.1, -0.05) is 19.4 Å². The van der Waals surface area contributed by atoms with Crippen LogP contribution in [0.3, 0.4) is 0 Å². The van der Waals surface area contributed by atoms with Crippen LogP contribution >= 0.6 is 0 Å². The van der Waals surface area contributed by atoms with E-state index in [9.17, 15) is 4.79 Å². The topological polar surface area (TPSA) is 35.5 Å². The molecule has 5 atom stereocenters. The lowest BCUT2D eigenvalue weighted by Gasteiger charge is -2.57. The molecule has 4 fully saturated rings. The molecule has 0 radical (unpaired) electrons. The van der Waals surface area contributed by atoms with Gasteiger partial charge in [-0.2, -0.15) is 0 Å². The van der Waals surface area contributed by atoms with E-state index in [1.165, 1.54) is 37.7 Å². The van der Waals surface area contributed by atoms with Crippen molar-refractivity contribution in [3.8, 4) is 0 Å². The summed E-state index contributed by atoms with van der Waals surface area (Å²) >= 11 is 0. The summed E-state index contributed by atoms with van der Waals surface area (Å²) < 4.78 is 11.7. The van der Waals surface area contributed by atoms with Gasteiger partial charge in [-0.3, -0.25) is 4.79 Å². The van der Waals surface area contributed by atoms with Crippen molar-refractivity contribution in [1.29, 1.82) is 0 Å². The van der Waals surface area contributed by atoms with E-state index in [0.717, 1.165) is 42.8 Å². The van der Waals surface area contributed by atoms with E-state index in [4.69, 9.17) is 9.31 Å². The third-order valence-corrected chi connectivity index (χ3v) is 8.84. The molecule has 0 aromatic rings. The molecule has 3 saturated carbocycles. The molecule has 1 saturated heterocycles. The van der Waals surface area contributed by atoms with Gasteiger partial charge in [0.15, 0.2) is 5.78 Å². The minimum Gasteiger partial charge on any atom is -0.538 e. The monoisotopic (exact) mass is 354 g/mol. The Morgan fingerprint density at radius 3 is 2.62 bits per heavy atom. The summed E-state index contributed by atoms with van der Waals surface area (Å²) in [5.41, 5.74) is 3.61. The zero-order valence-corrected chi connectivity index (χ0v) is 16.5. The van der Waals surface area contributed by atoms with E-state index >= 15 is 0 Å². The molecular weight excluding hydrogens is 323 g/mol. The first-order valence-corrected chi connectivity index (χ1v) is 10.7. The van der Waals surface area contributed by atoms with Gasteiger partial charge in [-0.15, -0.1) is 0 Å². The van der Waals surface area contributed by atoms with Crippen molar-refractivity contribution in [3.63, 3.8) is 0 Å². The van der Waals surface area contributed by atoms with Crippen molar-refractivity contribution in [2.45, 2.75) is 72.0 Å². The summed E-state index contributed by atoms with van der Waals surface area (Å²) in [6.45, 7) is 7.64. The van der Waals surface area contributed by atoms with E-state index in [-0.39, 0.29) is 12.5 Å². The summed E-state index contributed by atoms with van der Waals surface area (Å²) in [4.78, 5) is 12.0. The van der Waals surface area contributed by atoms with Gasteiger partial charge in [0.2, 0.25) is 0 Å². The maximum Gasteiger partial charge on any atom is 0.522 e. The average molecular weight is 354 g/mol. The second-order valence-electron chi connectivity index (χ2n) is 9.86. The van der Waals surface area contributed by atoms with Crippen LogP contribution in [0.15, 0.2) is 23.0 Å². The third kappa shape index (κ3) is 2.27. The van der Waals surface area contributed by atoms with Crippen molar-refractivity contribution in [1.82, 2.24) is 0 Å². The van der Waals surface area contributed by atoms with Crippen LogP contribution < -0.4 is 0 Å². The zero-order chi connectivity index (χ0) is 18.1. The number of ketones is 1. The molecule has 0 spiro atoms. The first-order valence-electron chi connectivity index (χ1n) is 10.7. The Kier molecular flexibility index (Phi) is 3.77. The number of fused-ring (bicyclic) bond motifs is 5. The van der Waals surface area contributed by atoms with Gasteiger partial charge in [-0.05, 0) is 92.0 Å². The highest BCUT2D eigenvalue weighted by Crippen LogP contribution is 2.66. The Labute approximate surface area is 157 Å². The highest BCUT2D eigenvalue weighted by Gasteiger charge is 2.58. The molecule has 5 aliphatic rings. The van der Waals surface area contributed by atoms with E-state index in [1.807, 2.05) is 12.9 Å². The van der Waals surface area contributed by atoms with E-state index in [2.05, 4.69) is 13.8 Å². The predicted molar refractivity (Wildman–Crippen MR) is 102 cm³/mol. The van der Waals surface area contributed by atoms with Crippen LogP contribution in [0.2, 0.25) is 6.82 Å². The van der Waals surface area contributed by atoms with Crippen LogP contribution in [-0.4, -0.2) is 19.5 Å². The molecule has 1 aliphatic heterocycles. The fraction of sp³-hybridized carbons (Fsp3) is 0.773. The Morgan fingerprint density at radius 2 is 1.85 bits per heavy atom. The molecule has 3 unspecified atom stereocenters. The quantitative estimate of drug-likeness (QED) is 0.578. The smallest absolute Gasteiger partial charge is 0.522 e. The van der Waals surface area contributed by atoms with Crippen molar-refractivity contribution in [3.05, 3.63) is 23.0 Å². The van der Waals surface area contributed by atoms with Crippen LogP contribution in [0.25, 0.3) is 0 Å². The van der Waals surface area contributed by atoms with Gasteiger partial charge >= 0.3 is 7.12 Å². The molecule has 1 heterocycles. The van der Waals surface area contributed by atoms with Gasteiger partial charge in [0.05, 0.1) is 6.61 Å². The van der Waals surface area contributed by atoms with E-state index < -0.39 is 0 Å². The average Bonchev–Trinajstić information content (AvgIpc) is 3.18. The zero-order valence-electron chi connectivity index (χ0n) is 16.5. The number of hydrogen-bond acceptors (Lipinski definition) is 3. The van der Waals surface area contributed by atoms with Crippen LogP contribution in [0.1, 0.15) is 65.2 Å². The van der Waals surface area contributed by atoms with Gasteiger partial charge < -0.3 is 9.31 Å².